The highest BCUT2D eigenvalue weighted by Gasteiger charge is 2.25. The van der Waals surface area contributed by atoms with Crippen molar-refractivity contribution >= 4 is 29.1 Å². The van der Waals surface area contributed by atoms with Crippen LogP contribution in [0.2, 0.25) is 5.02 Å². The fourth-order valence-electron chi connectivity index (χ4n) is 2.05. The zero-order valence-electron chi connectivity index (χ0n) is 13.2. The van der Waals surface area contributed by atoms with Gasteiger partial charge in [0.05, 0.1) is 6.26 Å². The number of hydrogen-bond donors (Lipinski definition) is 2. The monoisotopic (exact) mass is 334 g/mol. The van der Waals surface area contributed by atoms with Crippen molar-refractivity contribution in [2.75, 3.05) is 5.32 Å². The van der Waals surface area contributed by atoms with Gasteiger partial charge in [0.2, 0.25) is 5.91 Å². The zero-order chi connectivity index (χ0) is 17.0. The molecule has 0 spiro atoms. The van der Waals surface area contributed by atoms with E-state index in [0.717, 1.165) is 5.56 Å². The molecule has 0 bridgehead atoms. The Morgan fingerprint density at radius 3 is 2.52 bits per heavy atom. The molecule has 0 aliphatic carbocycles. The maximum atomic E-state index is 12.5. The molecule has 6 heteroatoms. The van der Waals surface area contributed by atoms with E-state index in [0.29, 0.717) is 10.7 Å². The van der Waals surface area contributed by atoms with Crippen LogP contribution in [-0.4, -0.2) is 17.9 Å². The van der Waals surface area contributed by atoms with Crippen LogP contribution >= 0.6 is 11.6 Å². The lowest BCUT2D eigenvalue weighted by atomic mass is 10.0. The minimum Gasteiger partial charge on any atom is -0.459 e. The van der Waals surface area contributed by atoms with Crippen molar-refractivity contribution < 1.29 is 14.0 Å². The first-order valence-corrected chi connectivity index (χ1v) is 7.67. The van der Waals surface area contributed by atoms with E-state index in [9.17, 15) is 9.59 Å². The number of carbonyl (C=O) groups is 2. The Morgan fingerprint density at radius 1 is 1.22 bits per heavy atom. The van der Waals surface area contributed by atoms with Gasteiger partial charge >= 0.3 is 0 Å². The van der Waals surface area contributed by atoms with Crippen molar-refractivity contribution in [2.24, 2.45) is 5.92 Å². The molecule has 1 aromatic carbocycles. The predicted octanol–water partition coefficient (Wildman–Crippen LogP) is 3.63. The molecule has 0 saturated carbocycles. The Hall–Kier alpha value is -2.27. The number of rotatable bonds is 5. The van der Waals surface area contributed by atoms with Crippen molar-refractivity contribution in [3.05, 3.63) is 52.9 Å². The number of furan rings is 1. The standard InChI is InChI=1S/C17H19ClN2O3/c1-10(2)15(20-16(21)14-5-4-8-23-14)17(22)19-12-7-6-11(3)13(18)9-12/h4-10,15H,1-3H3,(H,19,22)(H,20,21)/t15-/m0/s1. The van der Waals surface area contributed by atoms with E-state index in [1.807, 2.05) is 26.8 Å². The van der Waals surface area contributed by atoms with E-state index < -0.39 is 11.9 Å². The van der Waals surface area contributed by atoms with E-state index in [1.165, 1.54) is 6.26 Å². The van der Waals surface area contributed by atoms with Gasteiger partial charge < -0.3 is 15.1 Å². The fraction of sp³-hybridized carbons (Fsp3) is 0.294. The number of anilines is 1. The van der Waals surface area contributed by atoms with Gasteiger partial charge in [0.25, 0.3) is 5.91 Å². The van der Waals surface area contributed by atoms with Gasteiger partial charge in [-0.25, -0.2) is 0 Å². The van der Waals surface area contributed by atoms with Crippen LogP contribution in [0, 0.1) is 12.8 Å². The minimum absolute atomic E-state index is 0.0881. The van der Waals surface area contributed by atoms with Gasteiger partial charge in [-0.05, 0) is 42.7 Å². The normalized spacial score (nSPS) is 12.0. The van der Waals surface area contributed by atoms with Crippen molar-refractivity contribution in [3.63, 3.8) is 0 Å². The minimum atomic E-state index is -0.687. The number of hydrogen-bond acceptors (Lipinski definition) is 3. The maximum Gasteiger partial charge on any atom is 0.287 e. The van der Waals surface area contributed by atoms with Crippen molar-refractivity contribution in [2.45, 2.75) is 26.8 Å². The number of benzene rings is 1. The summed E-state index contributed by atoms with van der Waals surface area (Å²) >= 11 is 6.06. The fourth-order valence-corrected chi connectivity index (χ4v) is 2.23. The lowest BCUT2D eigenvalue weighted by molar-refractivity contribution is -0.118. The quantitative estimate of drug-likeness (QED) is 0.877. The van der Waals surface area contributed by atoms with E-state index >= 15 is 0 Å². The van der Waals surface area contributed by atoms with E-state index in [2.05, 4.69) is 10.6 Å². The zero-order valence-corrected chi connectivity index (χ0v) is 14.0. The average Bonchev–Trinajstić information content (AvgIpc) is 3.02. The maximum absolute atomic E-state index is 12.5. The molecular formula is C17H19ClN2O3. The second-order valence-electron chi connectivity index (χ2n) is 5.63. The number of amides is 2. The summed E-state index contributed by atoms with van der Waals surface area (Å²) in [5.41, 5.74) is 1.51. The second kappa shape index (κ2) is 7.33. The van der Waals surface area contributed by atoms with Gasteiger partial charge in [-0.15, -0.1) is 0 Å². The molecule has 23 heavy (non-hydrogen) atoms. The molecule has 2 amide bonds. The summed E-state index contributed by atoms with van der Waals surface area (Å²) in [6.07, 6.45) is 1.41. The van der Waals surface area contributed by atoms with Crippen LogP contribution in [-0.2, 0) is 4.79 Å². The Kier molecular flexibility index (Phi) is 5.45. The Balaban J connectivity index is 2.09. The molecule has 0 fully saturated rings. The third kappa shape index (κ3) is 4.36. The highest BCUT2D eigenvalue weighted by molar-refractivity contribution is 6.31. The van der Waals surface area contributed by atoms with Gasteiger partial charge in [0.15, 0.2) is 5.76 Å². The third-order valence-corrected chi connectivity index (χ3v) is 3.83. The summed E-state index contributed by atoms with van der Waals surface area (Å²) in [5.74, 6) is -0.651. The molecule has 2 N–H and O–H groups in total. The van der Waals surface area contributed by atoms with E-state index in [-0.39, 0.29) is 17.6 Å². The molecule has 2 aromatic rings. The number of carbonyl (C=O) groups excluding carboxylic acids is 2. The second-order valence-corrected chi connectivity index (χ2v) is 6.03. The Morgan fingerprint density at radius 2 is 1.96 bits per heavy atom. The molecule has 122 valence electrons. The first-order valence-electron chi connectivity index (χ1n) is 7.30. The first kappa shape index (κ1) is 17.1. The molecule has 1 aromatic heterocycles. The summed E-state index contributed by atoms with van der Waals surface area (Å²) in [6, 6.07) is 7.75. The van der Waals surface area contributed by atoms with E-state index in [1.54, 1.807) is 24.3 Å². The van der Waals surface area contributed by atoms with Crippen LogP contribution in [0.15, 0.2) is 41.0 Å². The van der Waals surface area contributed by atoms with Crippen LogP contribution in [0.4, 0.5) is 5.69 Å². The van der Waals surface area contributed by atoms with Gasteiger partial charge in [0, 0.05) is 10.7 Å². The van der Waals surface area contributed by atoms with Crippen molar-refractivity contribution in [3.8, 4) is 0 Å². The average molecular weight is 335 g/mol. The smallest absolute Gasteiger partial charge is 0.287 e. The summed E-state index contributed by atoms with van der Waals surface area (Å²) < 4.78 is 5.04. The molecule has 5 nitrogen and oxygen atoms in total. The van der Waals surface area contributed by atoms with E-state index in [4.69, 9.17) is 16.0 Å². The summed E-state index contributed by atoms with van der Waals surface area (Å²) in [5, 5.41) is 6.03. The first-order chi connectivity index (χ1) is 10.9. The Bertz CT molecular complexity index is 696. The van der Waals surface area contributed by atoms with Gasteiger partial charge in [0.1, 0.15) is 6.04 Å². The van der Waals surface area contributed by atoms with Gasteiger partial charge in [-0.1, -0.05) is 31.5 Å². The highest BCUT2D eigenvalue weighted by atomic mass is 35.5. The van der Waals surface area contributed by atoms with Gasteiger partial charge in [-0.2, -0.15) is 0 Å². The number of aryl methyl sites for hydroxylation is 1. The summed E-state index contributed by atoms with van der Waals surface area (Å²) in [4.78, 5) is 24.5. The van der Waals surface area contributed by atoms with Crippen molar-refractivity contribution in [1.29, 1.82) is 0 Å². The predicted molar refractivity (Wildman–Crippen MR) is 89.6 cm³/mol. The van der Waals surface area contributed by atoms with Crippen LogP contribution in [0.3, 0.4) is 0 Å². The molecule has 0 aliphatic heterocycles. The van der Waals surface area contributed by atoms with Gasteiger partial charge in [-0.3, -0.25) is 9.59 Å². The van der Waals surface area contributed by atoms with Crippen molar-refractivity contribution in [1.82, 2.24) is 5.32 Å². The van der Waals surface area contributed by atoms with Crippen LogP contribution in [0.25, 0.3) is 0 Å². The van der Waals surface area contributed by atoms with Crippen LogP contribution in [0.5, 0.6) is 0 Å². The summed E-state index contributed by atoms with van der Waals surface area (Å²) in [6.45, 7) is 5.60. The molecule has 2 rings (SSSR count). The topological polar surface area (TPSA) is 71.3 Å². The van der Waals surface area contributed by atoms with Crippen LogP contribution < -0.4 is 10.6 Å². The molecule has 1 atom stereocenters. The molecule has 0 radical (unpaired) electrons. The molecular weight excluding hydrogens is 316 g/mol. The largest absolute Gasteiger partial charge is 0.459 e. The lowest BCUT2D eigenvalue weighted by Crippen LogP contribution is -2.47. The third-order valence-electron chi connectivity index (χ3n) is 3.42. The van der Waals surface area contributed by atoms with Crippen LogP contribution in [0.1, 0.15) is 30.0 Å². The highest BCUT2D eigenvalue weighted by Crippen LogP contribution is 2.20. The SMILES string of the molecule is Cc1ccc(NC(=O)[C@@H](NC(=O)c2ccco2)C(C)C)cc1Cl. The molecule has 0 saturated heterocycles. The Labute approximate surface area is 140 Å². The molecule has 1 heterocycles. The lowest BCUT2D eigenvalue weighted by Gasteiger charge is -2.21. The number of nitrogens with one attached hydrogen (secondary N) is 2. The molecule has 0 aliphatic rings. The molecule has 0 unspecified atom stereocenters. The number of halogens is 1. The summed E-state index contributed by atoms with van der Waals surface area (Å²) in [7, 11) is 0.